The quantitative estimate of drug-likeness (QED) is 0.477. The molecule has 1 unspecified atom stereocenters. The van der Waals surface area contributed by atoms with Gasteiger partial charge < -0.3 is 4.90 Å². The van der Waals surface area contributed by atoms with Crippen LogP contribution in [-0.4, -0.2) is 45.4 Å². The number of aromatic nitrogens is 2. The molecule has 0 radical (unpaired) electrons. The van der Waals surface area contributed by atoms with Gasteiger partial charge in [0.05, 0.1) is 35.9 Å². The Morgan fingerprint density at radius 2 is 1.86 bits per heavy atom. The molecule has 1 fully saturated rings. The smallest absolute Gasteiger partial charge is 0.332 e. The number of fused-ring (bicyclic) bond motifs is 1. The zero-order chi connectivity index (χ0) is 24.2. The number of benzene rings is 2. The van der Waals surface area contributed by atoms with E-state index in [-0.39, 0.29) is 18.0 Å². The predicted molar refractivity (Wildman–Crippen MR) is 127 cm³/mol. The zero-order valence-electron chi connectivity index (χ0n) is 19.1. The Morgan fingerprint density at radius 3 is 2.60 bits per heavy atom. The Labute approximate surface area is 200 Å². The van der Waals surface area contributed by atoms with Crippen molar-refractivity contribution in [2.24, 2.45) is 4.99 Å². The first-order chi connectivity index (χ1) is 16.9. The standard InChI is InChI=1S/C27H25F3N4O/c28-27(29,30)20-7-4-17(5-8-20)16-33-25-3-1-2-23(24(25)15-32-33)26(35)34(21-10-11-21)22-9-6-18-13-31-14-19(18)12-22/h1-5,7-8,14-15,21-22H,6,9-13,16H2. The zero-order valence-corrected chi connectivity index (χ0v) is 19.1. The van der Waals surface area contributed by atoms with Gasteiger partial charge in [0, 0.05) is 23.7 Å². The number of alkyl halides is 3. The van der Waals surface area contributed by atoms with E-state index in [1.807, 2.05) is 24.4 Å². The van der Waals surface area contributed by atoms with Crippen LogP contribution in [0, 0.1) is 0 Å². The normalized spacial score (nSPS) is 19.9. The first-order valence-corrected chi connectivity index (χ1v) is 12.0. The SMILES string of the molecule is O=C(c1cccc2c1cnn2Cc1ccc(C(F)(F)F)cc1)N(C1CC1)C1CCC2=C(C=NC2)C1. The second kappa shape index (κ2) is 8.36. The molecule has 2 aromatic carbocycles. The van der Waals surface area contributed by atoms with Gasteiger partial charge in [0.15, 0.2) is 0 Å². The molecule has 1 aromatic heterocycles. The molecule has 5 nitrogen and oxygen atoms in total. The van der Waals surface area contributed by atoms with E-state index in [4.69, 9.17) is 0 Å². The van der Waals surface area contributed by atoms with E-state index >= 15 is 0 Å². The van der Waals surface area contributed by atoms with E-state index in [1.165, 1.54) is 23.3 Å². The lowest BCUT2D eigenvalue weighted by Crippen LogP contribution is -2.43. The third kappa shape index (κ3) is 4.15. The average Bonchev–Trinajstić information content (AvgIpc) is 3.41. The van der Waals surface area contributed by atoms with Crippen LogP contribution in [0.3, 0.4) is 0 Å². The highest BCUT2D eigenvalue weighted by atomic mass is 19.4. The predicted octanol–water partition coefficient (Wildman–Crippen LogP) is 5.64. The van der Waals surface area contributed by atoms with E-state index in [0.29, 0.717) is 17.7 Å². The number of hydrogen-bond donors (Lipinski definition) is 0. The van der Waals surface area contributed by atoms with Crippen LogP contribution in [-0.2, 0) is 12.7 Å². The Morgan fingerprint density at radius 1 is 1.06 bits per heavy atom. The van der Waals surface area contributed by atoms with E-state index in [1.54, 1.807) is 10.9 Å². The number of aliphatic imine (C=N–C) groups is 1. The van der Waals surface area contributed by atoms with Gasteiger partial charge in [-0.25, -0.2) is 0 Å². The molecular formula is C27H25F3N4O. The Bertz CT molecular complexity index is 1350. The van der Waals surface area contributed by atoms with Gasteiger partial charge in [-0.05, 0) is 73.1 Å². The van der Waals surface area contributed by atoms with Crippen LogP contribution < -0.4 is 0 Å². The van der Waals surface area contributed by atoms with Gasteiger partial charge in [0.25, 0.3) is 5.91 Å². The summed E-state index contributed by atoms with van der Waals surface area (Å²) in [6, 6.07) is 11.2. The molecule has 2 heterocycles. The van der Waals surface area contributed by atoms with Gasteiger partial charge >= 0.3 is 6.18 Å². The number of carbonyl (C=O) groups is 1. The van der Waals surface area contributed by atoms with Crippen LogP contribution in [0.4, 0.5) is 13.2 Å². The van der Waals surface area contributed by atoms with Crippen molar-refractivity contribution >= 4 is 23.0 Å². The van der Waals surface area contributed by atoms with Gasteiger partial charge in [0.1, 0.15) is 0 Å². The largest absolute Gasteiger partial charge is 0.416 e. The summed E-state index contributed by atoms with van der Waals surface area (Å²) in [7, 11) is 0. The molecule has 2 aliphatic carbocycles. The molecule has 1 aliphatic heterocycles. The number of hydrogen-bond acceptors (Lipinski definition) is 3. The van der Waals surface area contributed by atoms with Crippen LogP contribution in [0.25, 0.3) is 10.9 Å². The molecule has 180 valence electrons. The Kier molecular flexibility index (Phi) is 5.27. The lowest BCUT2D eigenvalue weighted by molar-refractivity contribution is -0.137. The van der Waals surface area contributed by atoms with Crippen molar-refractivity contribution in [2.45, 2.75) is 56.9 Å². The first kappa shape index (κ1) is 22.1. The van der Waals surface area contributed by atoms with Crippen LogP contribution in [0.5, 0.6) is 0 Å². The molecule has 0 N–H and O–H groups in total. The fraction of sp³-hybridized carbons (Fsp3) is 0.370. The fourth-order valence-corrected chi connectivity index (χ4v) is 5.34. The van der Waals surface area contributed by atoms with E-state index < -0.39 is 11.7 Å². The van der Waals surface area contributed by atoms with Crippen LogP contribution in [0.1, 0.15) is 53.6 Å². The first-order valence-electron chi connectivity index (χ1n) is 12.0. The van der Waals surface area contributed by atoms with Crippen LogP contribution >= 0.6 is 0 Å². The number of carbonyl (C=O) groups excluding carboxylic acids is 1. The lowest BCUT2D eigenvalue weighted by atomic mass is 9.88. The summed E-state index contributed by atoms with van der Waals surface area (Å²) in [5, 5.41) is 5.25. The number of amides is 1. The van der Waals surface area contributed by atoms with Gasteiger partial charge in [-0.15, -0.1) is 0 Å². The molecule has 0 bridgehead atoms. The Hall–Kier alpha value is -3.42. The second-order valence-corrected chi connectivity index (χ2v) is 9.67. The molecule has 1 atom stereocenters. The average molecular weight is 479 g/mol. The third-order valence-electron chi connectivity index (χ3n) is 7.32. The van der Waals surface area contributed by atoms with Crippen molar-refractivity contribution in [3.05, 3.63) is 76.5 Å². The maximum Gasteiger partial charge on any atom is 0.416 e. The van der Waals surface area contributed by atoms with E-state index in [9.17, 15) is 18.0 Å². The molecule has 3 aliphatic rings. The number of rotatable bonds is 5. The molecule has 6 rings (SSSR count). The van der Waals surface area contributed by atoms with E-state index in [0.717, 1.165) is 61.7 Å². The summed E-state index contributed by atoms with van der Waals surface area (Å²) in [6.45, 7) is 1.13. The maximum absolute atomic E-state index is 13.9. The van der Waals surface area contributed by atoms with Gasteiger partial charge in [-0.1, -0.05) is 18.2 Å². The lowest BCUT2D eigenvalue weighted by Gasteiger charge is -2.35. The van der Waals surface area contributed by atoms with Gasteiger partial charge in [-0.2, -0.15) is 18.3 Å². The highest BCUT2D eigenvalue weighted by Gasteiger charge is 2.40. The molecule has 3 aromatic rings. The number of nitrogens with zero attached hydrogens (tertiary/aromatic N) is 4. The van der Waals surface area contributed by atoms with Gasteiger partial charge in [0.2, 0.25) is 0 Å². The highest BCUT2D eigenvalue weighted by Crippen LogP contribution is 2.38. The fourth-order valence-electron chi connectivity index (χ4n) is 5.34. The van der Waals surface area contributed by atoms with Crippen LogP contribution in [0.15, 0.2) is 64.8 Å². The maximum atomic E-state index is 13.9. The van der Waals surface area contributed by atoms with Crippen molar-refractivity contribution in [1.29, 1.82) is 0 Å². The molecule has 1 saturated carbocycles. The summed E-state index contributed by atoms with van der Waals surface area (Å²) >= 11 is 0. The summed E-state index contributed by atoms with van der Waals surface area (Å²) in [5.41, 5.74) is 4.17. The number of halogens is 3. The monoisotopic (exact) mass is 478 g/mol. The third-order valence-corrected chi connectivity index (χ3v) is 7.32. The minimum atomic E-state index is -4.36. The van der Waals surface area contributed by atoms with Crippen molar-refractivity contribution < 1.29 is 18.0 Å². The summed E-state index contributed by atoms with van der Waals surface area (Å²) in [5.74, 6) is 0.0381. The molecule has 35 heavy (non-hydrogen) atoms. The molecule has 1 amide bonds. The topological polar surface area (TPSA) is 50.5 Å². The Balaban J connectivity index is 1.27. The van der Waals surface area contributed by atoms with Crippen molar-refractivity contribution in [3.8, 4) is 0 Å². The van der Waals surface area contributed by atoms with Crippen molar-refractivity contribution in [1.82, 2.24) is 14.7 Å². The molecular weight excluding hydrogens is 453 g/mol. The second-order valence-electron chi connectivity index (χ2n) is 9.67. The van der Waals surface area contributed by atoms with Crippen LogP contribution in [0.2, 0.25) is 0 Å². The molecule has 0 spiro atoms. The minimum absolute atomic E-state index is 0.0381. The van der Waals surface area contributed by atoms with E-state index in [2.05, 4.69) is 15.0 Å². The minimum Gasteiger partial charge on any atom is -0.332 e. The van der Waals surface area contributed by atoms with Crippen molar-refractivity contribution in [3.63, 3.8) is 0 Å². The summed E-state index contributed by atoms with van der Waals surface area (Å²) in [6.07, 6.45) is 4.20. The highest BCUT2D eigenvalue weighted by molar-refractivity contribution is 6.06. The summed E-state index contributed by atoms with van der Waals surface area (Å²) in [4.78, 5) is 20.4. The van der Waals surface area contributed by atoms with Gasteiger partial charge in [-0.3, -0.25) is 14.5 Å². The molecule has 8 heteroatoms. The summed E-state index contributed by atoms with van der Waals surface area (Å²) < 4.78 is 40.4. The molecule has 0 saturated heterocycles. The van der Waals surface area contributed by atoms with Crippen molar-refractivity contribution in [2.75, 3.05) is 6.54 Å².